The number of benzene rings is 1. The van der Waals surface area contributed by atoms with Gasteiger partial charge in [-0.2, -0.15) is 18.4 Å². The fourth-order valence-electron chi connectivity index (χ4n) is 5.17. The molecule has 1 amide bonds. The van der Waals surface area contributed by atoms with Gasteiger partial charge >= 0.3 is 6.18 Å². The number of nitriles is 1. The van der Waals surface area contributed by atoms with Crippen LogP contribution in [0.2, 0.25) is 0 Å². The predicted octanol–water partition coefficient (Wildman–Crippen LogP) is 5.04. The Morgan fingerprint density at radius 3 is 2.29 bits per heavy atom. The van der Waals surface area contributed by atoms with Crippen LogP contribution in [-0.4, -0.2) is 44.1 Å². The average molecular weight is 487 g/mol. The third-order valence-corrected chi connectivity index (χ3v) is 7.55. The average Bonchev–Trinajstić information content (AvgIpc) is 3.69. The highest BCUT2D eigenvalue weighted by atomic mass is 19.4. The number of carbonyl (C=O) groups is 1. The van der Waals surface area contributed by atoms with Gasteiger partial charge in [0.15, 0.2) is 5.60 Å². The van der Waals surface area contributed by atoms with E-state index in [0.29, 0.717) is 25.3 Å². The van der Waals surface area contributed by atoms with E-state index < -0.39 is 11.8 Å². The summed E-state index contributed by atoms with van der Waals surface area (Å²) in [5, 5.41) is 19.1. The SMILES string of the molecule is CC(O)(c1ccc(C(=O)N(C2CC2)C2CCC(CCC#N)(c3cnccn3)CC2)cc1)C(F)(F)F. The van der Waals surface area contributed by atoms with E-state index in [1.807, 2.05) is 4.90 Å². The molecule has 2 saturated carbocycles. The maximum Gasteiger partial charge on any atom is 0.421 e. The number of aliphatic hydroxyl groups is 1. The summed E-state index contributed by atoms with van der Waals surface area (Å²) < 4.78 is 39.5. The van der Waals surface area contributed by atoms with Gasteiger partial charge in [0.25, 0.3) is 5.91 Å². The zero-order valence-corrected chi connectivity index (χ0v) is 19.6. The Kier molecular flexibility index (Phi) is 6.87. The number of carbonyl (C=O) groups excluding carboxylic acids is 1. The van der Waals surface area contributed by atoms with Crippen molar-refractivity contribution in [1.29, 1.82) is 5.26 Å². The number of rotatable bonds is 7. The molecule has 1 aromatic carbocycles. The van der Waals surface area contributed by atoms with Gasteiger partial charge in [-0.1, -0.05) is 12.1 Å². The van der Waals surface area contributed by atoms with Crippen LogP contribution in [0, 0.1) is 11.3 Å². The van der Waals surface area contributed by atoms with Crippen LogP contribution in [0.5, 0.6) is 0 Å². The topological polar surface area (TPSA) is 90.1 Å². The summed E-state index contributed by atoms with van der Waals surface area (Å²) >= 11 is 0. The second-order valence-corrected chi connectivity index (χ2v) is 9.85. The number of aromatic nitrogens is 2. The first-order chi connectivity index (χ1) is 16.6. The van der Waals surface area contributed by atoms with Gasteiger partial charge < -0.3 is 10.0 Å². The van der Waals surface area contributed by atoms with Gasteiger partial charge in [-0.3, -0.25) is 14.8 Å². The molecule has 1 atom stereocenters. The van der Waals surface area contributed by atoms with Gasteiger partial charge in [-0.25, -0.2) is 0 Å². The van der Waals surface area contributed by atoms with Crippen molar-refractivity contribution < 1.29 is 23.1 Å². The van der Waals surface area contributed by atoms with Crippen molar-refractivity contribution in [2.45, 2.75) is 87.6 Å². The van der Waals surface area contributed by atoms with Gasteiger partial charge in [-0.15, -0.1) is 0 Å². The van der Waals surface area contributed by atoms with Crippen LogP contribution >= 0.6 is 0 Å². The molecule has 35 heavy (non-hydrogen) atoms. The van der Waals surface area contributed by atoms with E-state index in [0.717, 1.165) is 44.2 Å². The number of amides is 1. The minimum Gasteiger partial charge on any atom is -0.376 e. The van der Waals surface area contributed by atoms with Crippen LogP contribution in [0.1, 0.15) is 79.9 Å². The Morgan fingerprint density at radius 2 is 1.77 bits per heavy atom. The van der Waals surface area contributed by atoms with Gasteiger partial charge in [0.2, 0.25) is 0 Å². The Bertz CT molecular complexity index is 1070. The molecule has 0 radical (unpaired) electrons. The molecule has 1 unspecified atom stereocenters. The van der Waals surface area contributed by atoms with E-state index in [1.54, 1.807) is 18.6 Å². The van der Waals surface area contributed by atoms with Crippen LogP contribution in [0.15, 0.2) is 42.9 Å². The Hall–Kier alpha value is -2.99. The summed E-state index contributed by atoms with van der Waals surface area (Å²) in [4.78, 5) is 24.1. The molecule has 1 N–H and O–H groups in total. The Balaban J connectivity index is 1.51. The molecule has 0 spiro atoms. The third kappa shape index (κ3) is 5.03. The molecule has 1 aromatic heterocycles. The molecule has 2 aliphatic carbocycles. The fraction of sp³-hybridized carbons (Fsp3) is 0.538. The minimum atomic E-state index is -4.82. The van der Waals surface area contributed by atoms with Crippen molar-refractivity contribution in [1.82, 2.24) is 14.9 Å². The number of nitrogens with zero attached hydrogens (tertiary/aromatic N) is 4. The highest BCUT2D eigenvalue weighted by Gasteiger charge is 2.51. The molecule has 6 nitrogen and oxygen atoms in total. The van der Waals surface area contributed by atoms with Gasteiger partial charge in [0.1, 0.15) is 0 Å². The lowest BCUT2D eigenvalue weighted by Crippen LogP contribution is -2.46. The molecule has 2 fully saturated rings. The summed E-state index contributed by atoms with van der Waals surface area (Å²) in [5.41, 5.74) is -2.34. The second-order valence-electron chi connectivity index (χ2n) is 9.85. The van der Waals surface area contributed by atoms with E-state index in [9.17, 15) is 28.3 Å². The van der Waals surface area contributed by atoms with Crippen molar-refractivity contribution in [2.24, 2.45) is 0 Å². The lowest BCUT2D eigenvalue weighted by molar-refractivity contribution is -0.258. The van der Waals surface area contributed by atoms with E-state index in [4.69, 9.17) is 0 Å². The number of halogens is 3. The molecule has 0 aliphatic heterocycles. The highest BCUT2D eigenvalue weighted by Crippen LogP contribution is 2.45. The molecular weight excluding hydrogens is 457 g/mol. The zero-order chi connectivity index (χ0) is 25.3. The molecule has 186 valence electrons. The number of hydrogen-bond acceptors (Lipinski definition) is 5. The number of hydrogen-bond donors (Lipinski definition) is 1. The summed E-state index contributed by atoms with van der Waals surface area (Å²) in [6, 6.07) is 7.47. The highest BCUT2D eigenvalue weighted by molar-refractivity contribution is 5.95. The maximum absolute atomic E-state index is 13.5. The normalized spacial score (nSPS) is 24.3. The summed E-state index contributed by atoms with van der Waals surface area (Å²) in [7, 11) is 0. The molecule has 0 bridgehead atoms. The van der Waals surface area contributed by atoms with Gasteiger partial charge in [-0.05, 0) is 69.6 Å². The van der Waals surface area contributed by atoms with E-state index in [-0.39, 0.29) is 29.0 Å². The molecule has 2 aliphatic rings. The fourth-order valence-corrected chi connectivity index (χ4v) is 5.17. The maximum atomic E-state index is 13.5. The summed E-state index contributed by atoms with van der Waals surface area (Å²) in [6.45, 7) is 0.706. The summed E-state index contributed by atoms with van der Waals surface area (Å²) in [6.07, 6.45) is 6.23. The predicted molar refractivity (Wildman–Crippen MR) is 122 cm³/mol. The quantitative estimate of drug-likeness (QED) is 0.593. The Morgan fingerprint density at radius 1 is 1.14 bits per heavy atom. The first-order valence-electron chi connectivity index (χ1n) is 11.9. The molecule has 1 heterocycles. The van der Waals surface area contributed by atoms with Crippen LogP contribution in [0.25, 0.3) is 0 Å². The van der Waals surface area contributed by atoms with E-state index in [2.05, 4.69) is 16.0 Å². The largest absolute Gasteiger partial charge is 0.421 e. The van der Waals surface area contributed by atoms with Crippen molar-refractivity contribution in [3.05, 3.63) is 59.7 Å². The minimum absolute atomic E-state index is 0.0137. The Labute approximate surface area is 202 Å². The van der Waals surface area contributed by atoms with Crippen LogP contribution < -0.4 is 0 Å². The standard InChI is InChI=1S/C26H29F3N4O2/c1-24(35,26(27,28)29)19-5-3-18(4-6-19)23(34)33(20-7-8-20)21-9-12-25(13-10-21,11-2-14-30)22-17-31-15-16-32-22/h3-6,15-17,20-21,35H,2,7-13H2,1H3. The summed E-state index contributed by atoms with van der Waals surface area (Å²) in [5.74, 6) is -0.195. The molecule has 9 heteroatoms. The van der Waals surface area contributed by atoms with E-state index in [1.165, 1.54) is 24.3 Å². The van der Waals surface area contributed by atoms with Crippen molar-refractivity contribution in [3.63, 3.8) is 0 Å². The van der Waals surface area contributed by atoms with Crippen molar-refractivity contribution in [2.75, 3.05) is 0 Å². The zero-order valence-electron chi connectivity index (χ0n) is 19.6. The smallest absolute Gasteiger partial charge is 0.376 e. The van der Waals surface area contributed by atoms with Crippen LogP contribution in [0.4, 0.5) is 13.2 Å². The van der Waals surface area contributed by atoms with Crippen molar-refractivity contribution >= 4 is 5.91 Å². The van der Waals surface area contributed by atoms with Crippen LogP contribution in [-0.2, 0) is 11.0 Å². The first kappa shape index (κ1) is 25.1. The number of alkyl halides is 3. The lowest BCUT2D eigenvalue weighted by atomic mass is 9.67. The van der Waals surface area contributed by atoms with E-state index >= 15 is 0 Å². The molecule has 2 aromatic rings. The van der Waals surface area contributed by atoms with Crippen LogP contribution in [0.3, 0.4) is 0 Å². The van der Waals surface area contributed by atoms with Gasteiger partial charge in [0, 0.05) is 48.1 Å². The molecule has 0 saturated heterocycles. The first-order valence-corrected chi connectivity index (χ1v) is 11.9. The van der Waals surface area contributed by atoms with Gasteiger partial charge in [0.05, 0.1) is 11.8 Å². The third-order valence-electron chi connectivity index (χ3n) is 7.55. The molecular formula is C26H29F3N4O2. The lowest BCUT2D eigenvalue weighted by Gasteiger charge is -2.43. The van der Waals surface area contributed by atoms with Crippen molar-refractivity contribution in [3.8, 4) is 6.07 Å². The second kappa shape index (κ2) is 9.57. The molecule has 4 rings (SSSR count). The monoisotopic (exact) mass is 486 g/mol.